The van der Waals surface area contributed by atoms with Gasteiger partial charge in [0.25, 0.3) is 0 Å². The molecular formula is C16H15F3N4O. The highest BCUT2D eigenvalue weighted by atomic mass is 19.4. The molecule has 1 aliphatic heterocycles. The van der Waals surface area contributed by atoms with Gasteiger partial charge in [0.15, 0.2) is 0 Å². The summed E-state index contributed by atoms with van der Waals surface area (Å²) < 4.78 is 38.5. The number of aromatic nitrogens is 1. The predicted octanol–water partition coefficient (Wildman–Crippen LogP) is 3.12. The molecule has 1 aliphatic rings. The summed E-state index contributed by atoms with van der Waals surface area (Å²) in [5.74, 6) is -0.240. The van der Waals surface area contributed by atoms with Crippen LogP contribution in [0, 0.1) is 0 Å². The van der Waals surface area contributed by atoms with Crippen molar-refractivity contribution in [3.8, 4) is 0 Å². The normalized spacial score (nSPS) is 16.2. The van der Waals surface area contributed by atoms with Gasteiger partial charge in [0.05, 0.1) is 11.3 Å². The molecule has 1 amide bonds. The fourth-order valence-corrected chi connectivity index (χ4v) is 2.59. The van der Waals surface area contributed by atoms with Crippen LogP contribution < -0.4 is 16.0 Å². The van der Waals surface area contributed by atoms with Gasteiger partial charge in [0, 0.05) is 25.4 Å². The number of carbonyl (C=O) groups is 1. The van der Waals surface area contributed by atoms with Crippen LogP contribution in [0.2, 0.25) is 0 Å². The van der Waals surface area contributed by atoms with E-state index >= 15 is 0 Å². The van der Waals surface area contributed by atoms with Crippen LogP contribution >= 0.6 is 0 Å². The summed E-state index contributed by atoms with van der Waals surface area (Å²) in [6, 6.07) is 7.81. The van der Waals surface area contributed by atoms with E-state index in [-0.39, 0.29) is 11.5 Å². The fourth-order valence-electron chi connectivity index (χ4n) is 2.59. The number of amides is 1. The van der Waals surface area contributed by atoms with E-state index in [0.717, 1.165) is 23.5 Å². The molecule has 2 aromatic rings. The average molecular weight is 336 g/mol. The standard InChI is InChI=1S/C16H15F3N4O/c1-20-14-12(7-10(8-21-14)16(17,18)19)23-15(24)13-6-9-4-2-3-5-11(9)22-13/h2-5,7-8,13,22H,6H2,1H3,(H,20,21)(H,23,24). The first kappa shape index (κ1) is 16.1. The number of benzene rings is 1. The van der Waals surface area contributed by atoms with Crippen LogP contribution in [-0.4, -0.2) is 24.0 Å². The number of para-hydroxylation sites is 1. The average Bonchev–Trinajstić information content (AvgIpc) is 2.98. The van der Waals surface area contributed by atoms with Gasteiger partial charge in [-0.3, -0.25) is 4.79 Å². The van der Waals surface area contributed by atoms with Crippen molar-refractivity contribution < 1.29 is 18.0 Å². The van der Waals surface area contributed by atoms with E-state index in [9.17, 15) is 18.0 Å². The highest BCUT2D eigenvalue weighted by Crippen LogP contribution is 2.33. The van der Waals surface area contributed by atoms with Gasteiger partial charge in [0.2, 0.25) is 5.91 Å². The number of nitrogens with one attached hydrogen (secondary N) is 3. The van der Waals surface area contributed by atoms with Crippen molar-refractivity contribution >= 4 is 23.1 Å². The Bertz CT molecular complexity index is 751. The Labute approximate surface area is 136 Å². The number of hydrogen-bond donors (Lipinski definition) is 3. The largest absolute Gasteiger partial charge is 0.417 e. The molecule has 3 N–H and O–H groups in total. The van der Waals surface area contributed by atoms with Gasteiger partial charge in [-0.05, 0) is 17.7 Å². The van der Waals surface area contributed by atoms with Crippen LogP contribution in [0.5, 0.6) is 0 Å². The van der Waals surface area contributed by atoms with Crippen molar-refractivity contribution in [2.45, 2.75) is 18.6 Å². The lowest BCUT2D eigenvalue weighted by atomic mass is 10.1. The summed E-state index contributed by atoms with van der Waals surface area (Å²) >= 11 is 0. The number of fused-ring (bicyclic) bond motifs is 1. The zero-order valence-electron chi connectivity index (χ0n) is 12.7. The van der Waals surface area contributed by atoms with Crippen molar-refractivity contribution in [3.05, 3.63) is 47.7 Å². The summed E-state index contributed by atoms with van der Waals surface area (Å²) in [5.41, 5.74) is 0.928. The van der Waals surface area contributed by atoms with E-state index in [1.807, 2.05) is 24.3 Å². The van der Waals surface area contributed by atoms with Gasteiger partial charge in [-0.1, -0.05) is 18.2 Å². The first-order valence-corrected chi connectivity index (χ1v) is 7.29. The second-order valence-corrected chi connectivity index (χ2v) is 5.42. The maximum atomic E-state index is 12.8. The van der Waals surface area contributed by atoms with E-state index < -0.39 is 23.7 Å². The van der Waals surface area contributed by atoms with Crippen molar-refractivity contribution in [2.75, 3.05) is 23.0 Å². The third-order valence-corrected chi connectivity index (χ3v) is 3.80. The monoisotopic (exact) mass is 336 g/mol. The van der Waals surface area contributed by atoms with E-state index in [1.165, 1.54) is 7.05 Å². The zero-order chi connectivity index (χ0) is 17.3. The Morgan fingerprint density at radius 2 is 2.08 bits per heavy atom. The highest BCUT2D eigenvalue weighted by molar-refractivity contribution is 5.99. The molecule has 0 fully saturated rings. The number of hydrogen-bond acceptors (Lipinski definition) is 4. The molecule has 1 atom stereocenters. The number of pyridine rings is 1. The summed E-state index contributed by atoms with van der Waals surface area (Å²) in [6.07, 6.45) is -3.32. The van der Waals surface area contributed by atoms with Gasteiger partial charge >= 0.3 is 6.18 Å². The molecule has 126 valence electrons. The molecule has 3 rings (SSSR count). The lowest BCUT2D eigenvalue weighted by Crippen LogP contribution is -2.33. The Morgan fingerprint density at radius 3 is 2.75 bits per heavy atom. The number of alkyl halides is 3. The number of carbonyl (C=O) groups excluding carboxylic acids is 1. The van der Waals surface area contributed by atoms with Crippen LogP contribution in [0.4, 0.5) is 30.4 Å². The minimum Gasteiger partial charge on any atom is -0.373 e. The minimum absolute atomic E-state index is 0.00455. The topological polar surface area (TPSA) is 66.0 Å². The molecule has 0 saturated heterocycles. The minimum atomic E-state index is -4.53. The molecule has 0 bridgehead atoms. The third-order valence-electron chi connectivity index (χ3n) is 3.80. The summed E-state index contributed by atoms with van der Waals surface area (Å²) in [4.78, 5) is 16.1. The van der Waals surface area contributed by atoms with Crippen LogP contribution in [0.3, 0.4) is 0 Å². The first-order chi connectivity index (χ1) is 11.4. The first-order valence-electron chi connectivity index (χ1n) is 7.29. The van der Waals surface area contributed by atoms with Crippen LogP contribution in [0.25, 0.3) is 0 Å². The SMILES string of the molecule is CNc1ncc(C(F)(F)F)cc1NC(=O)C1Cc2ccccc2N1. The molecule has 24 heavy (non-hydrogen) atoms. The van der Waals surface area contributed by atoms with E-state index in [4.69, 9.17) is 0 Å². The Hall–Kier alpha value is -2.77. The molecule has 1 aromatic carbocycles. The van der Waals surface area contributed by atoms with Crippen molar-refractivity contribution in [2.24, 2.45) is 0 Å². The van der Waals surface area contributed by atoms with Crippen molar-refractivity contribution in [3.63, 3.8) is 0 Å². The maximum absolute atomic E-state index is 12.8. The molecule has 0 radical (unpaired) electrons. The maximum Gasteiger partial charge on any atom is 0.417 e. The van der Waals surface area contributed by atoms with Gasteiger partial charge in [0.1, 0.15) is 11.9 Å². The quantitative estimate of drug-likeness (QED) is 0.806. The second kappa shape index (κ2) is 6.03. The smallest absolute Gasteiger partial charge is 0.373 e. The second-order valence-electron chi connectivity index (χ2n) is 5.42. The molecular weight excluding hydrogens is 321 g/mol. The molecule has 0 saturated carbocycles. The lowest BCUT2D eigenvalue weighted by molar-refractivity contribution is -0.137. The molecule has 1 aromatic heterocycles. The number of nitrogens with zero attached hydrogens (tertiary/aromatic N) is 1. The molecule has 5 nitrogen and oxygen atoms in total. The van der Waals surface area contributed by atoms with Crippen LogP contribution in [-0.2, 0) is 17.4 Å². The summed E-state index contributed by atoms with van der Waals surface area (Å²) in [7, 11) is 1.52. The molecule has 8 heteroatoms. The van der Waals surface area contributed by atoms with E-state index in [0.29, 0.717) is 6.42 Å². The molecule has 1 unspecified atom stereocenters. The Balaban J connectivity index is 1.80. The van der Waals surface area contributed by atoms with E-state index in [1.54, 1.807) is 0 Å². The predicted molar refractivity (Wildman–Crippen MR) is 85.0 cm³/mol. The summed E-state index contributed by atoms with van der Waals surface area (Å²) in [5, 5.41) is 8.26. The van der Waals surface area contributed by atoms with Crippen molar-refractivity contribution in [1.82, 2.24) is 4.98 Å². The lowest BCUT2D eigenvalue weighted by Gasteiger charge is -2.16. The van der Waals surface area contributed by atoms with Gasteiger partial charge in [-0.2, -0.15) is 13.2 Å². The summed E-state index contributed by atoms with van der Waals surface area (Å²) in [6.45, 7) is 0. The fraction of sp³-hybridized carbons (Fsp3) is 0.250. The molecule has 2 heterocycles. The Morgan fingerprint density at radius 1 is 1.33 bits per heavy atom. The van der Waals surface area contributed by atoms with E-state index in [2.05, 4.69) is 20.9 Å². The number of halogens is 3. The molecule has 0 aliphatic carbocycles. The highest BCUT2D eigenvalue weighted by Gasteiger charge is 2.32. The van der Waals surface area contributed by atoms with Gasteiger partial charge in [-0.15, -0.1) is 0 Å². The van der Waals surface area contributed by atoms with Gasteiger partial charge < -0.3 is 16.0 Å². The number of anilines is 3. The third kappa shape index (κ3) is 3.12. The Kier molecular flexibility index (Phi) is 4.04. The van der Waals surface area contributed by atoms with Crippen LogP contribution in [0.1, 0.15) is 11.1 Å². The zero-order valence-corrected chi connectivity index (χ0v) is 12.7. The van der Waals surface area contributed by atoms with Crippen molar-refractivity contribution in [1.29, 1.82) is 0 Å². The molecule has 0 spiro atoms. The van der Waals surface area contributed by atoms with Crippen LogP contribution in [0.15, 0.2) is 36.5 Å². The number of rotatable bonds is 3. The van der Waals surface area contributed by atoms with Gasteiger partial charge in [-0.25, -0.2) is 4.98 Å².